The Kier molecular flexibility index (Phi) is 28.0. The van der Waals surface area contributed by atoms with Gasteiger partial charge in [-0.2, -0.15) is 0 Å². The standard InChI is InChI=1S/C30H64O5Si/c1-5-9-13-17-21-25-31-29(32-26-22-18-14-10-6-2)30(35-36,33-27-23-19-15-11-7-3)34-28-24-20-16-12-8-4/h29H,5-28H2,1-4,36H3. The first kappa shape index (κ1) is 36.0. The van der Waals surface area contributed by atoms with E-state index in [9.17, 15) is 0 Å². The molecule has 0 aromatic heterocycles. The fourth-order valence-corrected chi connectivity index (χ4v) is 4.70. The fourth-order valence-electron chi connectivity index (χ4n) is 4.28. The molecule has 0 aliphatic heterocycles. The van der Waals surface area contributed by atoms with Crippen LogP contribution < -0.4 is 0 Å². The molecule has 0 rings (SSSR count). The average Bonchev–Trinajstić information content (AvgIpc) is 2.89. The summed E-state index contributed by atoms with van der Waals surface area (Å²) in [5, 5.41) is 0. The average molecular weight is 533 g/mol. The fraction of sp³-hybridized carbons (Fsp3) is 1.00. The van der Waals surface area contributed by atoms with E-state index >= 15 is 0 Å². The molecule has 0 saturated heterocycles. The summed E-state index contributed by atoms with van der Waals surface area (Å²) in [5.74, 6) is -1.24. The SMILES string of the molecule is CCCCCCCOC(OCCCCCCC)C(O[SiH3])(OCCCCCCC)OCCCCCCC. The minimum atomic E-state index is -1.24. The zero-order valence-corrected chi connectivity index (χ0v) is 27.1. The predicted octanol–water partition coefficient (Wildman–Crippen LogP) is 8.21. The molecule has 0 heterocycles. The highest BCUT2D eigenvalue weighted by Crippen LogP contribution is 2.26. The number of ether oxygens (including phenoxy) is 4. The minimum Gasteiger partial charge on any atom is -0.376 e. The summed E-state index contributed by atoms with van der Waals surface area (Å²) in [7, 11) is 0.496. The molecule has 0 atom stereocenters. The van der Waals surface area contributed by atoms with Gasteiger partial charge in [-0.15, -0.1) is 0 Å². The van der Waals surface area contributed by atoms with Crippen molar-refractivity contribution in [3.8, 4) is 0 Å². The summed E-state index contributed by atoms with van der Waals surface area (Å²) < 4.78 is 31.5. The van der Waals surface area contributed by atoms with Crippen LogP contribution in [0.15, 0.2) is 0 Å². The third kappa shape index (κ3) is 20.0. The predicted molar refractivity (Wildman–Crippen MR) is 156 cm³/mol. The lowest BCUT2D eigenvalue weighted by molar-refractivity contribution is -0.430. The Bertz CT molecular complexity index is 392. The van der Waals surface area contributed by atoms with Crippen molar-refractivity contribution < 1.29 is 23.4 Å². The largest absolute Gasteiger partial charge is 0.376 e. The number of rotatable bonds is 30. The van der Waals surface area contributed by atoms with E-state index in [-0.39, 0.29) is 0 Å². The lowest BCUT2D eigenvalue weighted by Gasteiger charge is -2.38. The van der Waals surface area contributed by atoms with Crippen LogP contribution in [-0.2, 0) is 23.4 Å². The second-order valence-corrected chi connectivity index (χ2v) is 10.6. The summed E-state index contributed by atoms with van der Waals surface area (Å²) in [5.41, 5.74) is 0. The smallest absolute Gasteiger partial charge is 0.327 e. The Morgan fingerprint density at radius 3 is 1.06 bits per heavy atom. The highest BCUT2D eigenvalue weighted by Gasteiger charge is 2.44. The third-order valence-electron chi connectivity index (χ3n) is 6.71. The first-order chi connectivity index (χ1) is 17.7. The van der Waals surface area contributed by atoms with E-state index in [1.54, 1.807) is 0 Å². The Labute approximate surface area is 228 Å². The van der Waals surface area contributed by atoms with E-state index in [0.717, 1.165) is 25.7 Å². The highest BCUT2D eigenvalue weighted by atomic mass is 28.2. The Morgan fingerprint density at radius 1 is 0.444 bits per heavy atom. The molecule has 0 radical (unpaired) electrons. The molecule has 36 heavy (non-hydrogen) atoms. The summed E-state index contributed by atoms with van der Waals surface area (Å²) >= 11 is 0. The monoisotopic (exact) mass is 532 g/mol. The molecule has 0 bridgehead atoms. The first-order valence-corrected chi connectivity index (χ1v) is 16.6. The van der Waals surface area contributed by atoms with Crippen LogP contribution in [-0.4, -0.2) is 49.2 Å². The number of hydrogen-bond donors (Lipinski definition) is 0. The van der Waals surface area contributed by atoms with Gasteiger partial charge in [0.2, 0.25) is 6.29 Å². The van der Waals surface area contributed by atoms with Crippen molar-refractivity contribution in [2.24, 2.45) is 0 Å². The molecular weight excluding hydrogens is 468 g/mol. The molecule has 0 aliphatic carbocycles. The maximum Gasteiger partial charge on any atom is 0.327 e. The molecule has 0 spiro atoms. The highest BCUT2D eigenvalue weighted by molar-refractivity contribution is 5.98. The summed E-state index contributed by atoms with van der Waals surface area (Å²) in [6.45, 7) is 11.5. The van der Waals surface area contributed by atoms with Gasteiger partial charge in [0.1, 0.15) is 0 Å². The second kappa shape index (κ2) is 28.0. The summed E-state index contributed by atoms with van der Waals surface area (Å²) in [6, 6.07) is 0. The molecule has 218 valence electrons. The normalized spacial score (nSPS) is 12.2. The van der Waals surface area contributed by atoms with Gasteiger partial charge in [-0.1, -0.05) is 130 Å². The molecule has 0 amide bonds. The van der Waals surface area contributed by atoms with Gasteiger partial charge in [0, 0.05) is 0 Å². The van der Waals surface area contributed by atoms with E-state index in [1.165, 1.54) is 103 Å². The molecular formula is C30H64O5Si. The van der Waals surface area contributed by atoms with Crippen molar-refractivity contribution in [3.63, 3.8) is 0 Å². The minimum absolute atomic E-state index is 0.496. The van der Waals surface area contributed by atoms with Crippen molar-refractivity contribution in [3.05, 3.63) is 0 Å². The van der Waals surface area contributed by atoms with E-state index < -0.39 is 12.3 Å². The summed E-state index contributed by atoms with van der Waals surface area (Å²) in [4.78, 5) is 0. The lowest BCUT2D eigenvalue weighted by Crippen LogP contribution is -2.53. The van der Waals surface area contributed by atoms with Crippen LogP contribution in [0, 0.1) is 0 Å². The van der Waals surface area contributed by atoms with Crippen LogP contribution in [0.1, 0.15) is 156 Å². The van der Waals surface area contributed by atoms with Gasteiger partial charge in [0.25, 0.3) is 0 Å². The van der Waals surface area contributed by atoms with Gasteiger partial charge in [0.05, 0.1) is 26.4 Å². The van der Waals surface area contributed by atoms with Crippen molar-refractivity contribution in [2.45, 2.75) is 168 Å². The van der Waals surface area contributed by atoms with Crippen molar-refractivity contribution in [1.29, 1.82) is 0 Å². The maximum atomic E-state index is 6.38. The van der Waals surface area contributed by atoms with Crippen LogP contribution in [0.5, 0.6) is 0 Å². The summed E-state index contributed by atoms with van der Waals surface area (Å²) in [6.07, 6.45) is 23.3. The van der Waals surface area contributed by atoms with E-state index in [1.807, 2.05) is 0 Å². The third-order valence-corrected chi connectivity index (χ3v) is 7.28. The molecule has 0 fully saturated rings. The van der Waals surface area contributed by atoms with Crippen molar-refractivity contribution >= 4 is 10.5 Å². The zero-order chi connectivity index (χ0) is 26.6. The molecule has 0 aliphatic rings. The Hall–Kier alpha value is 0.0169. The maximum absolute atomic E-state index is 6.38. The molecule has 0 unspecified atom stereocenters. The van der Waals surface area contributed by atoms with Crippen molar-refractivity contribution in [2.75, 3.05) is 26.4 Å². The van der Waals surface area contributed by atoms with Gasteiger partial charge in [-0.25, -0.2) is 0 Å². The van der Waals surface area contributed by atoms with Crippen LogP contribution in [0.4, 0.5) is 0 Å². The topological polar surface area (TPSA) is 46.2 Å². The van der Waals surface area contributed by atoms with Crippen LogP contribution in [0.2, 0.25) is 0 Å². The van der Waals surface area contributed by atoms with Gasteiger partial charge in [-0.3, -0.25) is 0 Å². The quantitative estimate of drug-likeness (QED) is 0.0530. The van der Waals surface area contributed by atoms with Crippen LogP contribution >= 0.6 is 0 Å². The van der Waals surface area contributed by atoms with Crippen molar-refractivity contribution in [1.82, 2.24) is 0 Å². The van der Waals surface area contributed by atoms with E-state index in [4.69, 9.17) is 23.4 Å². The Balaban J connectivity index is 5.10. The van der Waals surface area contributed by atoms with E-state index in [0.29, 0.717) is 36.9 Å². The molecule has 0 saturated carbocycles. The van der Waals surface area contributed by atoms with E-state index in [2.05, 4.69) is 27.7 Å². The number of hydrogen-bond acceptors (Lipinski definition) is 5. The molecule has 6 heteroatoms. The first-order valence-electron chi connectivity index (χ1n) is 15.8. The molecule has 0 aromatic carbocycles. The van der Waals surface area contributed by atoms with Gasteiger partial charge in [-0.05, 0) is 25.7 Å². The van der Waals surface area contributed by atoms with Gasteiger partial charge >= 0.3 is 5.97 Å². The second-order valence-electron chi connectivity index (χ2n) is 10.2. The molecule has 0 aromatic rings. The molecule has 5 nitrogen and oxygen atoms in total. The zero-order valence-electron chi connectivity index (χ0n) is 25.1. The van der Waals surface area contributed by atoms with Gasteiger partial charge < -0.3 is 23.4 Å². The molecule has 0 N–H and O–H groups in total. The van der Waals surface area contributed by atoms with Gasteiger partial charge in [0.15, 0.2) is 10.5 Å². The number of unbranched alkanes of at least 4 members (excludes halogenated alkanes) is 16. The van der Waals surface area contributed by atoms with Crippen LogP contribution in [0.3, 0.4) is 0 Å². The Morgan fingerprint density at radius 2 is 0.750 bits per heavy atom. The lowest BCUT2D eigenvalue weighted by atomic mass is 10.1. The van der Waals surface area contributed by atoms with Crippen LogP contribution in [0.25, 0.3) is 0 Å².